The third-order valence-electron chi connectivity index (χ3n) is 4.10. The highest BCUT2D eigenvalue weighted by Crippen LogP contribution is 2.41. The number of ether oxygens (including phenoxy) is 1. The molecule has 1 amide bonds. The van der Waals surface area contributed by atoms with Crippen LogP contribution in [0.2, 0.25) is 0 Å². The van der Waals surface area contributed by atoms with Crippen LogP contribution in [-0.2, 0) is 17.5 Å². The lowest BCUT2D eigenvalue weighted by atomic mass is 10.1. The Kier molecular flexibility index (Phi) is 4.25. The first kappa shape index (κ1) is 18.0. The van der Waals surface area contributed by atoms with Crippen LogP contribution in [0.25, 0.3) is 0 Å². The molecule has 9 heteroatoms. The van der Waals surface area contributed by atoms with Gasteiger partial charge in [-0.15, -0.1) is 0 Å². The summed E-state index contributed by atoms with van der Waals surface area (Å²) in [4.78, 5) is 17.1. The fraction of sp³-hybridized carbons (Fsp3) is 0.294. The summed E-state index contributed by atoms with van der Waals surface area (Å²) < 4.78 is 57.6. The largest absolute Gasteiger partial charge is 0.476 e. The maximum atomic E-state index is 14.4. The molecule has 1 aromatic heterocycles. The van der Waals surface area contributed by atoms with Gasteiger partial charge in [-0.2, -0.15) is 13.2 Å². The highest BCUT2D eigenvalue weighted by molar-refractivity contribution is 6.00. The summed E-state index contributed by atoms with van der Waals surface area (Å²) in [7, 11) is 0. The predicted octanol–water partition coefficient (Wildman–Crippen LogP) is 3.44. The monoisotopic (exact) mass is 369 g/mol. The lowest BCUT2D eigenvalue weighted by Gasteiger charge is -2.34. The van der Waals surface area contributed by atoms with Crippen molar-refractivity contribution in [2.24, 2.45) is 0 Å². The van der Waals surface area contributed by atoms with Crippen LogP contribution in [0.5, 0.6) is 5.75 Å². The number of fused-ring (bicyclic) bond motifs is 1. The Hall–Kier alpha value is -2.84. The molecule has 2 aromatic rings. The molecule has 26 heavy (non-hydrogen) atoms. The number of carbonyl (C=O) groups is 1. The van der Waals surface area contributed by atoms with E-state index < -0.39 is 29.7 Å². The predicted molar refractivity (Wildman–Crippen MR) is 86.1 cm³/mol. The number of aromatic nitrogens is 1. The van der Waals surface area contributed by atoms with Gasteiger partial charge in [-0.25, -0.2) is 4.39 Å². The molecule has 1 aromatic carbocycles. The van der Waals surface area contributed by atoms with E-state index in [9.17, 15) is 22.4 Å². The molecule has 0 saturated heterocycles. The average Bonchev–Trinajstić information content (AvgIpc) is 2.58. The number of aryl methyl sites for hydroxylation is 1. The zero-order chi connectivity index (χ0) is 19.2. The molecular weight excluding hydrogens is 354 g/mol. The van der Waals surface area contributed by atoms with Crippen LogP contribution in [0, 0.1) is 12.7 Å². The van der Waals surface area contributed by atoms with Crippen molar-refractivity contribution in [3.63, 3.8) is 0 Å². The van der Waals surface area contributed by atoms with Gasteiger partial charge in [0, 0.05) is 6.20 Å². The zero-order valence-electron chi connectivity index (χ0n) is 13.9. The molecule has 0 spiro atoms. The minimum absolute atomic E-state index is 0.0759. The van der Waals surface area contributed by atoms with E-state index >= 15 is 0 Å². The van der Waals surface area contributed by atoms with Gasteiger partial charge in [0.1, 0.15) is 5.69 Å². The second-order valence-electron chi connectivity index (χ2n) is 6.00. The molecule has 0 bridgehead atoms. The van der Waals surface area contributed by atoms with Crippen molar-refractivity contribution in [1.29, 1.82) is 0 Å². The lowest BCUT2D eigenvalue weighted by Crippen LogP contribution is -2.44. The smallest absolute Gasteiger partial charge is 0.433 e. The van der Waals surface area contributed by atoms with Gasteiger partial charge in [-0.1, -0.05) is 6.07 Å². The molecule has 3 rings (SSSR count). The van der Waals surface area contributed by atoms with Gasteiger partial charge in [0.25, 0.3) is 5.91 Å². The van der Waals surface area contributed by atoms with Crippen molar-refractivity contribution >= 4 is 17.3 Å². The molecular formula is C17H15F4N3O2. The third kappa shape index (κ3) is 3.04. The van der Waals surface area contributed by atoms with Crippen molar-refractivity contribution < 1.29 is 27.1 Å². The molecule has 1 unspecified atom stereocenters. The number of benzene rings is 1. The standard InChI is InChI=1S/C17H15F4N3O2/c1-8-5-11-15(13(18)14(8)22)26-9(2)16(25)24(11)7-10-3-4-12(23-6-10)17(19,20)21/h3-6,9H,7,22H2,1-2H3. The number of nitrogens with two attached hydrogens (primary N) is 1. The first-order chi connectivity index (χ1) is 12.1. The molecule has 1 aliphatic rings. The number of alkyl halides is 3. The highest BCUT2D eigenvalue weighted by atomic mass is 19.4. The molecule has 2 N–H and O–H groups in total. The van der Waals surface area contributed by atoms with Gasteiger partial charge < -0.3 is 15.4 Å². The van der Waals surface area contributed by atoms with Crippen LogP contribution < -0.4 is 15.4 Å². The van der Waals surface area contributed by atoms with Crippen molar-refractivity contribution in [3.05, 3.63) is 47.0 Å². The van der Waals surface area contributed by atoms with Crippen molar-refractivity contribution in [3.8, 4) is 5.75 Å². The van der Waals surface area contributed by atoms with Crippen molar-refractivity contribution in [2.45, 2.75) is 32.7 Å². The summed E-state index contributed by atoms with van der Waals surface area (Å²) >= 11 is 0. The lowest BCUT2D eigenvalue weighted by molar-refractivity contribution is -0.141. The van der Waals surface area contributed by atoms with Crippen molar-refractivity contribution in [2.75, 3.05) is 10.6 Å². The number of pyridine rings is 1. The number of rotatable bonds is 2. The number of nitrogens with zero attached hydrogens (tertiary/aromatic N) is 2. The van der Waals surface area contributed by atoms with E-state index in [0.717, 1.165) is 12.3 Å². The van der Waals surface area contributed by atoms with Gasteiger partial charge in [0.05, 0.1) is 17.9 Å². The maximum Gasteiger partial charge on any atom is 0.433 e. The second kappa shape index (κ2) is 6.15. The summed E-state index contributed by atoms with van der Waals surface area (Å²) in [5.74, 6) is -1.36. The Balaban J connectivity index is 1.99. The van der Waals surface area contributed by atoms with Crippen LogP contribution in [0.1, 0.15) is 23.7 Å². The maximum absolute atomic E-state index is 14.4. The van der Waals surface area contributed by atoms with E-state index in [0.29, 0.717) is 11.1 Å². The third-order valence-corrected chi connectivity index (χ3v) is 4.10. The minimum Gasteiger partial charge on any atom is -0.476 e. The fourth-order valence-electron chi connectivity index (χ4n) is 2.67. The molecule has 0 saturated carbocycles. The van der Waals surface area contributed by atoms with E-state index in [4.69, 9.17) is 10.5 Å². The number of halogens is 4. The summed E-state index contributed by atoms with van der Waals surface area (Å²) in [6.07, 6.45) is -4.47. The van der Waals surface area contributed by atoms with E-state index in [2.05, 4.69) is 4.98 Å². The Morgan fingerprint density at radius 1 is 1.35 bits per heavy atom. The number of anilines is 2. The topological polar surface area (TPSA) is 68.5 Å². The normalized spacial score (nSPS) is 17.1. The van der Waals surface area contributed by atoms with E-state index in [1.807, 2.05) is 0 Å². The molecule has 1 atom stereocenters. The van der Waals surface area contributed by atoms with Crippen LogP contribution in [0.3, 0.4) is 0 Å². The summed E-state index contributed by atoms with van der Waals surface area (Å²) in [6, 6.07) is 3.57. The fourth-order valence-corrected chi connectivity index (χ4v) is 2.67. The number of nitrogen functional groups attached to an aromatic ring is 1. The van der Waals surface area contributed by atoms with Crippen LogP contribution >= 0.6 is 0 Å². The quantitative estimate of drug-likeness (QED) is 0.650. The van der Waals surface area contributed by atoms with Gasteiger partial charge in [0.2, 0.25) is 0 Å². The van der Waals surface area contributed by atoms with Crippen LogP contribution in [0.4, 0.5) is 28.9 Å². The molecule has 2 heterocycles. The average molecular weight is 369 g/mol. The number of amides is 1. The number of hydrogen-bond donors (Lipinski definition) is 1. The van der Waals surface area contributed by atoms with Crippen molar-refractivity contribution in [1.82, 2.24) is 4.98 Å². The molecule has 0 aliphatic carbocycles. The summed E-state index contributed by atoms with van der Waals surface area (Å²) in [5, 5.41) is 0. The Labute approximate surface area is 146 Å². The number of carbonyl (C=O) groups excluding carboxylic acids is 1. The van der Waals surface area contributed by atoms with Gasteiger partial charge >= 0.3 is 6.18 Å². The Morgan fingerprint density at radius 2 is 2.04 bits per heavy atom. The van der Waals surface area contributed by atoms with E-state index in [1.165, 1.54) is 24.0 Å². The summed E-state index contributed by atoms with van der Waals surface area (Å²) in [6.45, 7) is 2.96. The summed E-state index contributed by atoms with van der Waals surface area (Å²) in [5.41, 5.74) is 5.51. The van der Waals surface area contributed by atoms with Gasteiger partial charge in [0.15, 0.2) is 17.7 Å². The SMILES string of the molecule is Cc1cc2c(c(F)c1N)OC(C)C(=O)N2Cc1ccc(C(F)(F)F)nc1. The zero-order valence-corrected chi connectivity index (χ0v) is 13.9. The second-order valence-corrected chi connectivity index (χ2v) is 6.00. The first-order valence-electron chi connectivity index (χ1n) is 7.68. The molecule has 5 nitrogen and oxygen atoms in total. The van der Waals surface area contributed by atoms with Crippen LogP contribution in [-0.4, -0.2) is 17.0 Å². The van der Waals surface area contributed by atoms with Crippen LogP contribution in [0.15, 0.2) is 24.4 Å². The van der Waals surface area contributed by atoms with Gasteiger partial charge in [-0.05, 0) is 37.1 Å². The number of hydrogen-bond acceptors (Lipinski definition) is 4. The minimum atomic E-state index is -4.55. The molecule has 138 valence electrons. The molecule has 0 radical (unpaired) electrons. The van der Waals surface area contributed by atoms with E-state index in [-0.39, 0.29) is 23.7 Å². The first-order valence-corrected chi connectivity index (χ1v) is 7.68. The van der Waals surface area contributed by atoms with Gasteiger partial charge in [-0.3, -0.25) is 9.78 Å². The highest BCUT2D eigenvalue weighted by Gasteiger charge is 2.35. The molecule has 0 fully saturated rings. The molecule has 1 aliphatic heterocycles. The van der Waals surface area contributed by atoms with E-state index in [1.54, 1.807) is 6.92 Å². The Bertz CT molecular complexity index is 866. The Morgan fingerprint density at radius 3 is 2.62 bits per heavy atom.